The van der Waals surface area contributed by atoms with E-state index in [0.29, 0.717) is 5.56 Å². The number of rotatable bonds is 6. The van der Waals surface area contributed by atoms with E-state index < -0.39 is 16.9 Å². The molecular formula is C21H19O4S+. The Morgan fingerprint density at radius 2 is 1.23 bits per heavy atom. The molecule has 0 amide bonds. The second kappa shape index (κ2) is 7.97. The standard InChI is InChI=1S/C21H18O4S/c1-24-15-7-11-17(12-8-15)26(18-13-9-16(25-2)10-14-18)20-6-4-3-5-19(20)21(22)23/h3-14H,1-2H3/p+1. The molecule has 4 nitrogen and oxygen atoms in total. The molecule has 0 atom stereocenters. The lowest BCUT2D eigenvalue weighted by molar-refractivity contribution is 0.0693. The molecule has 0 aliphatic rings. The zero-order valence-corrected chi connectivity index (χ0v) is 15.3. The monoisotopic (exact) mass is 367 g/mol. The lowest BCUT2D eigenvalue weighted by atomic mass is 10.2. The van der Waals surface area contributed by atoms with Gasteiger partial charge in [0, 0.05) is 0 Å². The molecule has 0 aliphatic heterocycles. The van der Waals surface area contributed by atoms with Crippen molar-refractivity contribution in [1.82, 2.24) is 0 Å². The molecular weight excluding hydrogens is 348 g/mol. The van der Waals surface area contributed by atoms with Gasteiger partial charge in [0.05, 0.1) is 14.2 Å². The third-order valence-electron chi connectivity index (χ3n) is 3.93. The SMILES string of the molecule is COc1ccc([S+](c2ccc(OC)cc2)c2ccccc2C(=O)O)cc1. The molecule has 0 saturated carbocycles. The fourth-order valence-corrected chi connectivity index (χ4v) is 4.82. The van der Waals surface area contributed by atoms with Crippen molar-refractivity contribution in [2.24, 2.45) is 0 Å². The van der Waals surface area contributed by atoms with E-state index in [1.807, 2.05) is 60.7 Å². The van der Waals surface area contributed by atoms with Crippen LogP contribution in [0.4, 0.5) is 0 Å². The summed E-state index contributed by atoms with van der Waals surface area (Å²) in [5, 5.41) is 9.64. The van der Waals surface area contributed by atoms with Gasteiger partial charge in [-0.05, 0) is 60.7 Å². The first-order valence-electron chi connectivity index (χ1n) is 7.98. The number of aromatic carboxylic acids is 1. The minimum atomic E-state index is -0.930. The van der Waals surface area contributed by atoms with Gasteiger partial charge in [-0.25, -0.2) is 4.79 Å². The Kier molecular flexibility index (Phi) is 5.49. The van der Waals surface area contributed by atoms with E-state index in [-0.39, 0.29) is 0 Å². The lowest BCUT2D eigenvalue weighted by Crippen LogP contribution is -2.11. The van der Waals surface area contributed by atoms with Crippen molar-refractivity contribution in [1.29, 1.82) is 0 Å². The number of carboxylic acid groups (broad SMARTS) is 1. The van der Waals surface area contributed by atoms with E-state index in [1.54, 1.807) is 26.4 Å². The van der Waals surface area contributed by atoms with Gasteiger partial charge in [-0.15, -0.1) is 0 Å². The van der Waals surface area contributed by atoms with Gasteiger partial charge >= 0.3 is 5.97 Å². The third-order valence-corrected chi connectivity index (χ3v) is 6.21. The zero-order chi connectivity index (χ0) is 18.5. The molecule has 0 bridgehead atoms. The first-order valence-corrected chi connectivity index (χ1v) is 9.21. The lowest BCUT2D eigenvalue weighted by Gasteiger charge is -2.11. The average molecular weight is 367 g/mol. The Labute approximate surface area is 155 Å². The smallest absolute Gasteiger partial charge is 0.340 e. The molecule has 0 aliphatic carbocycles. The summed E-state index contributed by atoms with van der Waals surface area (Å²) in [6.07, 6.45) is 0. The van der Waals surface area contributed by atoms with Crippen LogP contribution in [0, 0.1) is 0 Å². The maximum Gasteiger partial charge on any atom is 0.340 e. The second-order valence-electron chi connectivity index (χ2n) is 5.46. The van der Waals surface area contributed by atoms with Crippen molar-refractivity contribution in [2.45, 2.75) is 14.7 Å². The van der Waals surface area contributed by atoms with Gasteiger partial charge in [-0.1, -0.05) is 12.1 Å². The predicted octanol–water partition coefficient (Wildman–Crippen LogP) is 4.50. The molecule has 0 heterocycles. The second-order valence-corrected chi connectivity index (χ2v) is 7.45. The van der Waals surface area contributed by atoms with Crippen LogP contribution in [-0.2, 0) is 10.9 Å². The Morgan fingerprint density at radius 3 is 1.65 bits per heavy atom. The zero-order valence-electron chi connectivity index (χ0n) is 14.5. The summed E-state index contributed by atoms with van der Waals surface area (Å²) in [4.78, 5) is 14.6. The van der Waals surface area contributed by atoms with E-state index in [2.05, 4.69) is 0 Å². The van der Waals surface area contributed by atoms with Crippen molar-refractivity contribution >= 4 is 16.9 Å². The third kappa shape index (κ3) is 3.68. The number of ether oxygens (including phenoxy) is 2. The van der Waals surface area contributed by atoms with E-state index in [1.165, 1.54) is 0 Å². The fourth-order valence-electron chi connectivity index (χ4n) is 2.63. The molecule has 3 rings (SSSR count). The number of carboxylic acids is 1. The van der Waals surface area contributed by atoms with Crippen LogP contribution in [0.25, 0.3) is 0 Å². The number of benzene rings is 3. The summed E-state index contributed by atoms with van der Waals surface area (Å²) in [6, 6.07) is 22.6. The van der Waals surface area contributed by atoms with Gasteiger partial charge in [0.2, 0.25) is 0 Å². The molecule has 132 valence electrons. The quantitative estimate of drug-likeness (QED) is 0.652. The maximum atomic E-state index is 11.8. The molecule has 0 unspecified atom stereocenters. The topological polar surface area (TPSA) is 55.8 Å². The maximum absolute atomic E-state index is 11.8. The normalized spacial score (nSPS) is 10.6. The van der Waals surface area contributed by atoms with Gasteiger partial charge in [0.25, 0.3) is 0 Å². The number of methoxy groups -OCH3 is 2. The van der Waals surface area contributed by atoms with Crippen molar-refractivity contribution in [3.05, 3.63) is 78.4 Å². The largest absolute Gasteiger partial charge is 0.497 e. The van der Waals surface area contributed by atoms with Crippen LogP contribution in [0.5, 0.6) is 11.5 Å². The molecule has 0 radical (unpaired) electrons. The Hall–Kier alpha value is -2.92. The fraction of sp³-hybridized carbons (Fsp3) is 0.0952. The molecule has 3 aromatic rings. The summed E-state index contributed by atoms with van der Waals surface area (Å²) < 4.78 is 10.5. The van der Waals surface area contributed by atoms with Crippen LogP contribution in [0.2, 0.25) is 0 Å². The molecule has 0 saturated heterocycles. The van der Waals surface area contributed by atoms with Crippen LogP contribution < -0.4 is 9.47 Å². The van der Waals surface area contributed by atoms with Crippen molar-refractivity contribution in [3.8, 4) is 11.5 Å². The van der Waals surface area contributed by atoms with Crippen LogP contribution in [0.15, 0.2) is 87.5 Å². The number of hydrogen-bond donors (Lipinski definition) is 1. The number of hydrogen-bond acceptors (Lipinski definition) is 3. The molecule has 1 N–H and O–H groups in total. The van der Waals surface area contributed by atoms with E-state index in [0.717, 1.165) is 26.2 Å². The molecule has 0 spiro atoms. The summed E-state index contributed by atoms with van der Waals surface area (Å²) >= 11 is 0. The van der Waals surface area contributed by atoms with Crippen molar-refractivity contribution < 1.29 is 19.4 Å². The van der Waals surface area contributed by atoms with Gasteiger partial charge < -0.3 is 14.6 Å². The Morgan fingerprint density at radius 1 is 0.769 bits per heavy atom. The van der Waals surface area contributed by atoms with E-state index >= 15 is 0 Å². The Bertz CT molecular complexity index is 841. The minimum Gasteiger partial charge on any atom is -0.497 e. The molecule has 5 heteroatoms. The first-order chi connectivity index (χ1) is 12.6. The van der Waals surface area contributed by atoms with Crippen LogP contribution >= 0.6 is 0 Å². The number of carbonyl (C=O) groups is 1. The minimum absolute atomic E-state index is 0.308. The van der Waals surface area contributed by atoms with Crippen molar-refractivity contribution in [2.75, 3.05) is 14.2 Å². The summed E-state index contributed by atoms with van der Waals surface area (Å²) in [7, 11) is 2.69. The molecule has 26 heavy (non-hydrogen) atoms. The molecule has 0 aromatic heterocycles. The highest BCUT2D eigenvalue weighted by Crippen LogP contribution is 2.34. The Balaban J connectivity index is 2.16. The average Bonchev–Trinajstić information content (AvgIpc) is 2.69. The highest BCUT2D eigenvalue weighted by molar-refractivity contribution is 7.97. The van der Waals surface area contributed by atoms with Crippen molar-refractivity contribution in [3.63, 3.8) is 0 Å². The van der Waals surface area contributed by atoms with Gasteiger partial charge in [-0.3, -0.25) is 0 Å². The van der Waals surface area contributed by atoms with E-state index in [4.69, 9.17) is 9.47 Å². The predicted molar refractivity (Wildman–Crippen MR) is 102 cm³/mol. The van der Waals surface area contributed by atoms with Crippen LogP contribution in [0.3, 0.4) is 0 Å². The molecule has 0 fully saturated rings. The van der Waals surface area contributed by atoms with Crippen LogP contribution in [0.1, 0.15) is 10.4 Å². The van der Waals surface area contributed by atoms with Crippen LogP contribution in [-0.4, -0.2) is 25.3 Å². The van der Waals surface area contributed by atoms with Gasteiger partial charge in [0.1, 0.15) is 28.0 Å². The highest BCUT2D eigenvalue weighted by Gasteiger charge is 2.33. The summed E-state index contributed by atoms with van der Waals surface area (Å²) in [5.74, 6) is 0.595. The first kappa shape index (κ1) is 17.9. The molecule has 3 aromatic carbocycles. The van der Waals surface area contributed by atoms with E-state index in [9.17, 15) is 9.90 Å². The van der Waals surface area contributed by atoms with Gasteiger partial charge in [0.15, 0.2) is 14.7 Å². The summed E-state index contributed by atoms with van der Waals surface area (Å²) in [6.45, 7) is 0. The summed E-state index contributed by atoms with van der Waals surface area (Å²) in [5.41, 5.74) is 0.308. The van der Waals surface area contributed by atoms with Gasteiger partial charge in [-0.2, -0.15) is 0 Å². The highest BCUT2D eigenvalue weighted by atomic mass is 32.2.